The van der Waals surface area contributed by atoms with Crippen LogP contribution in [0.1, 0.15) is 58.8 Å². The van der Waals surface area contributed by atoms with E-state index in [0.717, 1.165) is 38.5 Å². The van der Waals surface area contributed by atoms with Gasteiger partial charge in [-0.3, -0.25) is 14.9 Å². The Balaban J connectivity index is 1.51. The quantitative estimate of drug-likeness (QED) is 0.650. The van der Waals surface area contributed by atoms with E-state index in [0.29, 0.717) is 18.3 Å². The number of hydrogen-bond acceptors (Lipinski definition) is 5. The molecule has 140 valence electrons. The maximum absolute atomic E-state index is 12.6. The zero-order valence-corrected chi connectivity index (χ0v) is 15.0. The molecule has 4 aliphatic carbocycles. The SMILES string of the molecule is CC[C@H](C)NC(=O)NC(=O)COC(=O)C12C[C@@H]3C[C@H](CC(O)(C3)C1)C2. The minimum absolute atomic E-state index is 0.0388. The van der Waals surface area contributed by atoms with Gasteiger partial charge in [0.15, 0.2) is 6.61 Å². The molecule has 4 rings (SSSR count). The first kappa shape index (κ1) is 18.2. The number of carbonyl (C=O) groups excluding carboxylic acids is 3. The van der Waals surface area contributed by atoms with Crippen molar-refractivity contribution in [3.8, 4) is 0 Å². The van der Waals surface area contributed by atoms with Gasteiger partial charge in [0.25, 0.3) is 5.91 Å². The number of amides is 3. The van der Waals surface area contributed by atoms with Crippen molar-refractivity contribution in [1.29, 1.82) is 0 Å². The van der Waals surface area contributed by atoms with Gasteiger partial charge in [0.05, 0.1) is 11.0 Å². The summed E-state index contributed by atoms with van der Waals surface area (Å²) in [7, 11) is 0. The van der Waals surface area contributed by atoms with Crippen molar-refractivity contribution in [2.24, 2.45) is 17.3 Å². The Morgan fingerprint density at radius 3 is 2.40 bits per heavy atom. The van der Waals surface area contributed by atoms with E-state index in [1.165, 1.54) is 0 Å². The van der Waals surface area contributed by atoms with Crippen molar-refractivity contribution in [2.75, 3.05) is 6.61 Å². The van der Waals surface area contributed by atoms with Crippen LogP contribution < -0.4 is 10.6 Å². The monoisotopic (exact) mass is 352 g/mol. The second-order valence-electron chi connectivity index (χ2n) is 8.37. The average molecular weight is 352 g/mol. The molecule has 3 atom stereocenters. The number of hydrogen-bond donors (Lipinski definition) is 3. The lowest BCUT2D eigenvalue weighted by atomic mass is 9.48. The highest BCUT2D eigenvalue weighted by molar-refractivity contribution is 5.95. The molecule has 0 saturated heterocycles. The summed E-state index contributed by atoms with van der Waals surface area (Å²) in [6.45, 7) is 3.29. The van der Waals surface area contributed by atoms with Gasteiger partial charge in [0.2, 0.25) is 0 Å². The van der Waals surface area contributed by atoms with Crippen LogP contribution in [0.5, 0.6) is 0 Å². The molecule has 0 aromatic carbocycles. The van der Waals surface area contributed by atoms with Crippen LogP contribution in [0, 0.1) is 17.3 Å². The van der Waals surface area contributed by atoms with Gasteiger partial charge >= 0.3 is 12.0 Å². The first-order valence-corrected chi connectivity index (χ1v) is 9.23. The van der Waals surface area contributed by atoms with Crippen LogP contribution in [-0.2, 0) is 14.3 Å². The van der Waals surface area contributed by atoms with E-state index in [9.17, 15) is 19.5 Å². The summed E-state index contributed by atoms with van der Waals surface area (Å²) in [5.41, 5.74) is -1.40. The van der Waals surface area contributed by atoms with Gasteiger partial charge < -0.3 is 15.2 Å². The van der Waals surface area contributed by atoms with Gasteiger partial charge in [0.1, 0.15) is 0 Å². The summed E-state index contributed by atoms with van der Waals surface area (Å²) in [6.07, 6.45) is 5.28. The lowest BCUT2D eigenvalue weighted by Crippen LogP contribution is -2.58. The molecule has 4 fully saturated rings. The third-order valence-corrected chi connectivity index (χ3v) is 6.04. The summed E-state index contributed by atoms with van der Waals surface area (Å²) in [5, 5.41) is 15.5. The molecule has 0 aliphatic heterocycles. The number of nitrogens with one attached hydrogen (secondary N) is 2. The summed E-state index contributed by atoms with van der Waals surface area (Å²) in [5.74, 6) is -0.307. The van der Waals surface area contributed by atoms with E-state index in [2.05, 4.69) is 10.6 Å². The first-order valence-electron chi connectivity index (χ1n) is 9.23. The van der Waals surface area contributed by atoms with Crippen molar-refractivity contribution in [3.05, 3.63) is 0 Å². The Kier molecular flexibility index (Phi) is 4.79. The van der Waals surface area contributed by atoms with Crippen LogP contribution in [0.15, 0.2) is 0 Å². The van der Waals surface area contributed by atoms with E-state index in [1.54, 1.807) is 0 Å². The predicted molar refractivity (Wildman–Crippen MR) is 89.5 cm³/mol. The number of carbonyl (C=O) groups is 3. The fourth-order valence-corrected chi connectivity index (χ4v) is 5.26. The highest BCUT2D eigenvalue weighted by atomic mass is 16.5. The van der Waals surface area contributed by atoms with Crippen LogP contribution >= 0.6 is 0 Å². The maximum Gasteiger partial charge on any atom is 0.321 e. The summed E-state index contributed by atoms with van der Waals surface area (Å²) >= 11 is 0. The standard InChI is InChI=1S/C18H28N2O5/c1-3-11(2)19-16(23)20-14(21)9-25-15(22)17-5-12-4-13(6-17)8-18(24,7-12)10-17/h11-13,24H,3-10H2,1-2H3,(H2,19,20,21,23)/t11-,12-,13-,17?,18?/m0/s1. The van der Waals surface area contributed by atoms with E-state index >= 15 is 0 Å². The zero-order valence-electron chi connectivity index (χ0n) is 15.0. The molecule has 25 heavy (non-hydrogen) atoms. The Morgan fingerprint density at radius 2 is 1.84 bits per heavy atom. The summed E-state index contributed by atoms with van der Waals surface area (Å²) < 4.78 is 5.22. The predicted octanol–water partition coefficient (Wildman–Crippen LogP) is 1.49. The van der Waals surface area contributed by atoms with Gasteiger partial charge in [0, 0.05) is 6.04 Å². The first-order chi connectivity index (χ1) is 11.7. The zero-order chi connectivity index (χ0) is 18.2. The molecule has 4 aliphatic rings. The van der Waals surface area contributed by atoms with Gasteiger partial charge in [-0.25, -0.2) is 4.79 Å². The number of urea groups is 1. The summed E-state index contributed by atoms with van der Waals surface area (Å²) in [4.78, 5) is 36.1. The highest BCUT2D eigenvalue weighted by Crippen LogP contribution is 2.61. The third-order valence-electron chi connectivity index (χ3n) is 6.04. The molecule has 4 saturated carbocycles. The molecule has 0 aromatic heterocycles. The lowest BCUT2D eigenvalue weighted by Gasteiger charge is -2.58. The Labute approximate surface area is 147 Å². The number of esters is 1. The van der Waals surface area contributed by atoms with E-state index < -0.39 is 35.5 Å². The minimum Gasteiger partial charge on any atom is -0.455 e. The Morgan fingerprint density at radius 1 is 1.20 bits per heavy atom. The third kappa shape index (κ3) is 3.81. The van der Waals surface area contributed by atoms with Gasteiger partial charge in [-0.2, -0.15) is 0 Å². The molecule has 4 bridgehead atoms. The van der Waals surface area contributed by atoms with Crippen LogP contribution in [0.4, 0.5) is 4.79 Å². The molecule has 0 heterocycles. The van der Waals surface area contributed by atoms with Crippen LogP contribution in [-0.4, -0.2) is 41.3 Å². The number of rotatable bonds is 5. The highest BCUT2D eigenvalue weighted by Gasteiger charge is 2.60. The lowest BCUT2D eigenvalue weighted by molar-refractivity contribution is -0.196. The Hall–Kier alpha value is -1.63. The molecule has 3 N–H and O–H groups in total. The smallest absolute Gasteiger partial charge is 0.321 e. The minimum atomic E-state index is -0.748. The normalized spacial score (nSPS) is 36.6. The van der Waals surface area contributed by atoms with Crippen molar-refractivity contribution < 1.29 is 24.2 Å². The summed E-state index contributed by atoms with van der Waals surface area (Å²) in [6, 6.07) is -0.623. The van der Waals surface area contributed by atoms with E-state index in [4.69, 9.17) is 4.74 Å². The topological polar surface area (TPSA) is 105 Å². The van der Waals surface area contributed by atoms with Crippen molar-refractivity contribution in [2.45, 2.75) is 70.4 Å². The van der Waals surface area contributed by atoms with Crippen molar-refractivity contribution in [3.63, 3.8) is 0 Å². The Bertz CT molecular complexity index is 562. The largest absolute Gasteiger partial charge is 0.455 e. The fraction of sp³-hybridized carbons (Fsp3) is 0.833. The van der Waals surface area contributed by atoms with E-state index in [-0.39, 0.29) is 6.04 Å². The molecule has 0 radical (unpaired) electrons. The van der Waals surface area contributed by atoms with Crippen molar-refractivity contribution >= 4 is 17.9 Å². The van der Waals surface area contributed by atoms with Crippen LogP contribution in [0.2, 0.25) is 0 Å². The molecule has 7 nitrogen and oxygen atoms in total. The van der Waals surface area contributed by atoms with Crippen LogP contribution in [0.25, 0.3) is 0 Å². The number of aliphatic hydroxyl groups is 1. The average Bonchev–Trinajstić information content (AvgIpc) is 2.49. The number of imide groups is 1. The number of ether oxygens (including phenoxy) is 1. The van der Waals surface area contributed by atoms with Crippen molar-refractivity contribution in [1.82, 2.24) is 10.6 Å². The molecular weight excluding hydrogens is 324 g/mol. The van der Waals surface area contributed by atoms with Gasteiger partial charge in [-0.05, 0) is 63.7 Å². The molecule has 3 amide bonds. The van der Waals surface area contributed by atoms with E-state index in [1.807, 2.05) is 13.8 Å². The van der Waals surface area contributed by atoms with Crippen LogP contribution in [0.3, 0.4) is 0 Å². The van der Waals surface area contributed by atoms with Gasteiger partial charge in [-0.15, -0.1) is 0 Å². The molecule has 0 spiro atoms. The maximum atomic E-state index is 12.6. The second-order valence-corrected chi connectivity index (χ2v) is 8.37. The molecule has 7 heteroatoms. The molecular formula is C18H28N2O5. The van der Waals surface area contributed by atoms with Gasteiger partial charge in [-0.1, -0.05) is 6.92 Å². The fourth-order valence-electron chi connectivity index (χ4n) is 5.26. The second kappa shape index (κ2) is 6.59. The molecule has 0 unspecified atom stereocenters. The molecule has 0 aromatic rings.